The van der Waals surface area contributed by atoms with Crippen molar-refractivity contribution in [2.75, 3.05) is 6.61 Å². The molecule has 1 heterocycles. The van der Waals surface area contributed by atoms with Gasteiger partial charge in [0.1, 0.15) is 18.5 Å². The molecule has 0 saturated carbocycles. The zero-order valence-electron chi connectivity index (χ0n) is 10.8. The number of para-hydroxylation sites is 2. The van der Waals surface area contributed by atoms with E-state index in [2.05, 4.69) is 0 Å². The first kappa shape index (κ1) is 13.3. The summed E-state index contributed by atoms with van der Waals surface area (Å²) in [7, 11) is 0. The molecule has 104 valence electrons. The van der Waals surface area contributed by atoms with Crippen molar-refractivity contribution < 1.29 is 13.9 Å². The van der Waals surface area contributed by atoms with Gasteiger partial charge >= 0.3 is 0 Å². The van der Waals surface area contributed by atoms with Gasteiger partial charge in [-0.05, 0) is 17.7 Å². The summed E-state index contributed by atoms with van der Waals surface area (Å²) in [6.45, 7) is 0.305. The molecule has 0 amide bonds. The molecule has 0 bridgehead atoms. The van der Waals surface area contributed by atoms with Gasteiger partial charge in [-0.2, -0.15) is 0 Å². The van der Waals surface area contributed by atoms with Gasteiger partial charge in [-0.1, -0.05) is 30.3 Å². The molecule has 0 saturated heterocycles. The molecule has 1 atom stereocenters. The van der Waals surface area contributed by atoms with E-state index < -0.39 is 5.82 Å². The zero-order valence-corrected chi connectivity index (χ0v) is 11.6. The van der Waals surface area contributed by atoms with E-state index in [1.54, 1.807) is 12.1 Å². The molecule has 0 aliphatic carbocycles. The number of rotatable bonds is 4. The molecular weight excluding hydrogens is 279 g/mol. The van der Waals surface area contributed by atoms with Crippen molar-refractivity contribution in [3.05, 3.63) is 59.4 Å². The Balaban J connectivity index is 1.67. The number of ether oxygens (including phenoxy) is 2. The second-order valence-electron chi connectivity index (χ2n) is 4.72. The van der Waals surface area contributed by atoms with Crippen LogP contribution in [0.2, 0.25) is 0 Å². The maximum Gasteiger partial charge on any atom is 0.165 e. The predicted octanol–water partition coefficient (Wildman–Crippen LogP) is 3.95. The Morgan fingerprint density at radius 2 is 2.05 bits per heavy atom. The number of benzene rings is 2. The SMILES string of the molecule is Fc1cccc(CCl)c1OCC1Cc2ccccc2O1. The highest BCUT2D eigenvalue weighted by Crippen LogP contribution is 2.29. The fraction of sp³-hybridized carbons (Fsp3) is 0.250. The van der Waals surface area contributed by atoms with Gasteiger partial charge in [-0.25, -0.2) is 4.39 Å². The summed E-state index contributed by atoms with van der Waals surface area (Å²) in [5.41, 5.74) is 1.81. The highest BCUT2D eigenvalue weighted by Gasteiger charge is 2.23. The fourth-order valence-corrected chi connectivity index (χ4v) is 2.55. The maximum absolute atomic E-state index is 13.7. The molecule has 2 nitrogen and oxygen atoms in total. The number of hydrogen-bond acceptors (Lipinski definition) is 2. The standard InChI is InChI=1S/C16H14ClFO2/c17-9-12-5-3-6-14(18)16(12)19-10-13-8-11-4-1-2-7-15(11)20-13/h1-7,13H,8-10H2. The van der Waals surface area contributed by atoms with Crippen molar-refractivity contribution in [2.45, 2.75) is 18.4 Å². The van der Waals surface area contributed by atoms with E-state index in [0.717, 1.165) is 17.7 Å². The van der Waals surface area contributed by atoms with Gasteiger partial charge in [0.05, 0.1) is 5.88 Å². The summed E-state index contributed by atoms with van der Waals surface area (Å²) in [6, 6.07) is 12.6. The Morgan fingerprint density at radius 1 is 1.20 bits per heavy atom. The Bertz CT molecular complexity index is 590. The van der Waals surface area contributed by atoms with E-state index in [1.165, 1.54) is 6.07 Å². The molecule has 1 unspecified atom stereocenters. The second kappa shape index (κ2) is 5.71. The number of alkyl halides is 1. The average Bonchev–Trinajstić information content (AvgIpc) is 2.88. The normalized spacial score (nSPS) is 16.6. The van der Waals surface area contributed by atoms with Gasteiger partial charge in [0.2, 0.25) is 0 Å². The topological polar surface area (TPSA) is 18.5 Å². The third-order valence-electron chi connectivity index (χ3n) is 3.32. The molecule has 20 heavy (non-hydrogen) atoms. The Morgan fingerprint density at radius 3 is 2.85 bits per heavy atom. The molecule has 2 aromatic rings. The minimum absolute atomic E-state index is 0.0878. The van der Waals surface area contributed by atoms with E-state index in [4.69, 9.17) is 21.1 Å². The van der Waals surface area contributed by atoms with Gasteiger partial charge in [-0.15, -0.1) is 11.6 Å². The van der Waals surface area contributed by atoms with Crippen LogP contribution in [0.3, 0.4) is 0 Å². The average molecular weight is 293 g/mol. The Kier molecular flexibility index (Phi) is 3.79. The van der Waals surface area contributed by atoms with Gasteiger partial charge in [-0.3, -0.25) is 0 Å². The van der Waals surface area contributed by atoms with E-state index in [-0.39, 0.29) is 17.7 Å². The largest absolute Gasteiger partial charge is 0.486 e. The lowest BCUT2D eigenvalue weighted by molar-refractivity contribution is 0.144. The molecular formula is C16H14ClFO2. The summed E-state index contributed by atoms with van der Waals surface area (Å²) >= 11 is 5.79. The second-order valence-corrected chi connectivity index (χ2v) is 4.99. The van der Waals surface area contributed by atoms with E-state index in [1.807, 2.05) is 24.3 Å². The van der Waals surface area contributed by atoms with E-state index >= 15 is 0 Å². The van der Waals surface area contributed by atoms with Crippen LogP contribution in [-0.4, -0.2) is 12.7 Å². The van der Waals surface area contributed by atoms with E-state index in [9.17, 15) is 4.39 Å². The molecule has 1 aliphatic rings. The van der Waals surface area contributed by atoms with Crippen molar-refractivity contribution in [1.29, 1.82) is 0 Å². The van der Waals surface area contributed by atoms with Crippen molar-refractivity contribution >= 4 is 11.6 Å². The molecule has 2 aromatic carbocycles. The molecule has 4 heteroatoms. The van der Waals surface area contributed by atoms with Crippen LogP contribution in [0.5, 0.6) is 11.5 Å². The van der Waals surface area contributed by atoms with Gasteiger partial charge in [0.15, 0.2) is 11.6 Å². The van der Waals surface area contributed by atoms with E-state index in [0.29, 0.717) is 12.2 Å². The number of halogens is 2. The van der Waals surface area contributed by atoms with Crippen LogP contribution in [0.25, 0.3) is 0 Å². The first-order valence-corrected chi connectivity index (χ1v) is 7.02. The van der Waals surface area contributed by atoms with Gasteiger partial charge in [0.25, 0.3) is 0 Å². The third-order valence-corrected chi connectivity index (χ3v) is 3.61. The molecule has 0 aromatic heterocycles. The van der Waals surface area contributed by atoms with Crippen LogP contribution in [0, 0.1) is 5.82 Å². The van der Waals surface area contributed by atoms with Crippen molar-refractivity contribution in [3.8, 4) is 11.5 Å². The quantitative estimate of drug-likeness (QED) is 0.795. The first-order valence-electron chi connectivity index (χ1n) is 6.48. The molecule has 1 aliphatic heterocycles. The lowest BCUT2D eigenvalue weighted by atomic mass is 10.1. The van der Waals surface area contributed by atoms with Crippen molar-refractivity contribution in [1.82, 2.24) is 0 Å². The summed E-state index contributed by atoms with van der Waals surface area (Å²) in [6.07, 6.45) is 0.691. The van der Waals surface area contributed by atoms with Crippen LogP contribution >= 0.6 is 11.6 Å². The fourth-order valence-electron chi connectivity index (χ4n) is 2.34. The van der Waals surface area contributed by atoms with Crippen molar-refractivity contribution in [2.24, 2.45) is 0 Å². The Labute approximate surface area is 122 Å². The summed E-state index contributed by atoms with van der Waals surface area (Å²) in [5.74, 6) is 0.937. The lowest BCUT2D eigenvalue weighted by Gasteiger charge is -2.15. The maximum atomic E-state index is 13.7. The monoisotopic (exact) mass is 292 g/mol. The highest BCUT2D eigenvalue weighted by atomic mass is 35.5. The molecule has 0 spiro atoms. The molecule has 3 rings (SSSR count). The summed E-state index contributed by atoms with van der Waals surface area (Å²) < 4.78 is 25.1. The third kappa shape index (κ3) is 2.59. The lowest BCUT2D eigenvalue weighted by Crippen LogP contribution is -2.23. The minimum atomic E-state index is -0.390. The van der Waals surface area contributed by atoms with Crippen molar-refractivity contribution in [3.63, 3.8) is 0 Å². The summed E-state index contributed by atoms with van der Waals surface area (Å²) in [4.78, 5) is 0. The highest BCUT2D eigenvalue weighted by molar-refractivity contribution is 6.17. The molecule has 0 radical (unpaired) electrons. The summed E-state index contributed by atoms with van der Waals surface area (Å²) in [5, 5.41) is 0. The Hall–Kier alpha value is -1.74. The first-order chi connectivity index (χ1) is 9.78. The van der Waals surface area contributed by atoms with Crippen LogP contribution in [-0.2, 0) is 12.3 Å². The zero-order chi connectivity index (χ0) is 13.9. The van der Waals surface area contributed by atoms with Gasteiger partial charge < -0.3 is 9.47 Å². The predicted molar refractivity (Wildman–Crippen MR) is 76.0 cm³/mol. The van der Waals surface area contributed by atoms with Crippen LogP contribution in [0.15, 0.2) is 42.5 Å². The molecule has 0 N–H and O–H groups in total. The van der Waals surface area contributed by atoms with Gasteiger partial charge in [0, 0.05) is 12.0 Å². The number of fused-ring (bicyclic) bond motifs is 1. The minimum Gasteiger partial charge on any atom is -0.486 e. The molecule has 0 fully saturated rings. The van der Waals surface area contributed by atoms with Crippen LogP contribution < -0.4 is 9.47 Å². The van der Waals surface area contributed by atoms with Crippen LogP contribution in [0.4, 0.5) is 4.39 Å². The van der Waals surface area contributed by atoms with Crippen LogP contribution in [0.1, 0.15) is 11.1 Å². The number of hydrogen-bond donors (Lipinski definition) is 0. The smallest absolute Gasteiger partial charge is 0.165 e.